The molecule has 0 fully saturated rings. The Morgan fingerprint density at radius 2 is 2.12 bits per heavy atom. The monoisotopic (exact) mass is 279 g/mol. The second-order valence-corrected chi connectivity index (χ2v) is 5.90. The van der Waals surface area contributed by atoms with E-state index in [9.17, 15) is 4.79 Å². The molecule has 0 unspecified atom stereocenters. The first kappa shape index (κ1) is 13.8. The summed E-state index contributed by atoms with van der Waals surface area (Å²) in [5.41, 5.74) is 0.562. The Morgan fingerprint density at radius 3 is 2.50 bits per heavy atom. The molecule has 1 aromatic heterocycles. The Bertz CT molecular complexity index is 401. The molecule has 1 aromatic rings. The van der Waals surface area contributed by atoms with E-state index in [4.69, 9.17) is 23.2 Å². The van der Waals surface area contributed by atoms with Crippen LogP contribution in [-0.4, -0.2) is 29.3 Å². The number of rotatable bonds is 3. The van der Waals surface area contributed by atoms with E-state index in [1.54, 1.807) is 11.9 Å². The second-order valence-electron chi connectivity index (χ2n) is 4.37. The summed E-state index contributed by atoms with van der Waals surface area (Å²) in [7, 11) is 1.75. The van der Waals surface area contributed by atoms with E-state index in [-0.39, 0.29) is 11.4 Å². The van der Waals surface area contributed by atoms with Crippen LogP contribution in [0.15, 0.2) is 5.38 Å². The van der Waals surface area contributed by atoms with Crippen LogP contribution in [0, 0.1) is 6.92 Å². The van der Waals surface area contributed by atoms with Crippen molar-refractivity contribution in [3.8, 4) is 0 Å². The number of hydrogen-bond acceptors (Lipinski definition) is 2. The van der Waals surface area contributed by atoms with Gasteiger partial charge in [0, 0.05) is 12.9 Å². The van der Waals surface area contributed by atoms with Crippen LogP contribution in [0.1, 0.15) is 29.1 Å². The summed E-state index contributed by atoms with van der Waals surface area (Å²) in [5.74, 6) is 0.311. The molecule has 0 aliphatic carbocycles. The van der Waals surface area contributed by atoms with E-state index in [0.29, 0.717) is 15.8 Å². The Hall–Kier alpha value is -0.250. The summed E-state index contributed by atoms with van der Waals surface area (Å²) >= 11 is 13.3. The lowest BCUT2D eigenvalue weighted by atomic mass is 10.1. The van der Waals surface area contributed by atoms with Gasteiger partial charge in [-0.15, -0.1) is 22.9 Å². The summed E-state index contributed by atoms with van der Waals surface area (Å²) < 4.78 is 0. The number of nitrogens with zero attached hydrogens (tertiary/aromatic N) is 1. The number of aryl methyl sites for hydroxylation is 1. The molecule has 5 heteroatoms. The summed E-state index contributed by atoms with van der Waals surface area (Å²) in [6.45, 7) is 5.74. The summed E-state index contributed by atoms with van der Waals surface area (Å²) in [6, 6.07) is 0. The van der Waals surface area contributed by atoms with Gasteiger partial charge in [0.1, 0.15) is 4.88 Å². The molecule has 0 radical (unpaired) electrons. The highest BCUT2D eigenvalue weighted by atomic mass is 35.5. The first-order valence-corrected chi connectivity index (χ1v) is 6.68. The standard InChI is InChI=1S/C11H15Cl2NOS/c1-7-5-16-9(8(7)13)10(15)14(4)11(2,3)6-12/h5H,6H2,1-4H3. The van der Waals surface area contributed by atoms with Gasteiger partial charge in [0.2, 0.25) is 0 Å². The fourth-order valence-corrected chi connectivity index (χ4v) is 2.52. The third kappa shape index (κ3) is 2.53. The molecule has 0 spiro atoms. The molecule has 0 aliphatic rings. The van der Waals surface area contributed by atoms with Crippen LogP contribution in [-0.2, 0) is 0 Å². The average molecular weight is 280 g/mol. The number of alkyl halides is 1. The predicted molar refractivity (Wildman–Crippen MR) is 71.0 cm³/mol. The van der Waals surface area contributed by atoms with Gasteiger partial charge in [-0.25, -0.2) is 0 Å². The SMILES string of the molecule is Cc1csc(C(=O)N(C)C(C)(C)CCl)c1Cl. The highest BCUT2D eigenvalue weighted by Gasteiger charge is 2.29. The lowest BCUT2D eigenvalue weighted by molar-refractivity contribution is 0.0665. The molecular formula is C11H15Cl2NOS. The number of carbonyl (C=O) groups excluding carboxylic acids is 1. The smallest absolute Gasteiger partial charge is 0.265 e. The van der Waals surface area contributed by atoms with Crippen molar-refractivity contribution in [1.29, 1.82) is 0 Å². The van der Waals surface area contributed by atoms with Gasteiger partial charge in [0.25, 0.3) is 5.91 Å². The number of amides is 1. The molecule has 0 saturated heterocycles. The zero-order chi connectivity index (χ0) is 12.5. The van der Waals surface area contributed by atoms with Gasteiger partial charge in [-0.2, -0.15) is 0 Å². The van der Waals surface area contributed by atoms with Gasteiger partial charge in [0.05, 0.1) is 10.6 Å². The van der Waals surface area contributed by atoms with Crippen molar-refractivity contribution in [2.75, 3.05) is 12.9 Å². The fourth-order valence-electron chi connectivity index (χ4n) is 1.09. The first-order chi connectivity index (χ1) is 7.31. The molecule has 1 heterocycles. The van der Waals surface area contributed by atoms with E-state index < -0.39 is 0 Å². The van der Waals surface area contributed by atoms with Crippen LogP contribution in [0.2, 0.25) is 5.02 Å². The van der Waals surface area contributed by atoms with Crippen LogP contribution >= 0.6 is 34.5 Å². The van der Waals surface area contributed by atoms with Crippen molar-refractivity contribution in [2.24, 2.45) is 0 Å². The van der Waals surface area contributed by atoms with Gasteiger partial charge in [-0.3, -0.25) is 4.79 Å². The fraction of sp³-hybridized carbons (Fsp3) is 0.545. The molecule has 1 rings (SSSR count). The highest BCUT2D eigenvalue weighted by Crippen LogP contribution is 2.29. The van der Waals surface area contributed by atoms with Crippen molar-refractivity contribution in [3.05, 3.63) is 20.8 Å². The molecule has 90 valence electrons. The van der Waals surface area contributed by atoms with E-state index in [0.717, 1.165) is 5.56 Å². The Morgan fingerprint density at radius 1 is 1.56 bits per heavy atom. The lowest BCUT2D eigenvalue weighted by Gasteiger charge is -2.33. The van der Waals surface area contributed by atoms with Crippen molar-refractivity contribution >= 4 is 40.4 Å². The molecule has 16 heavy (non-hydrogen) atoms. The number of thiophene rings is 1. The van der Waals surface area contributed by atoms with Gasteiger partial charge in [-0.05, 0) is 31.7 Å². The van der Waals surface area contributed by atoms with Gasteiger partial charge in [-0.1, -0.05) is 11.6 Å². The highest BCUT2D eigenvalue weighted by molar-refractivity contribution is 7.13. The number of hydrogen-bond donors (Lipinski definition) is 0. The summed E-state index contributed by atoms with van der Waals surface area (Å²) in [4.78, 5) is 14.4. The third-order valence-corrected chi connectivity index (χ3v) is 4.97. The van der Waals surface area contributed by atoms with Gasteiger partial charge < -0.3 is 4.90 Å². The largest absolute Gasteiger partial charge is 0.335 e. The maximum atomic E-state index is 12.2. The van der Waals surface area contributed by atoms with Crippen LogP contribution in [0.25, 0.3) is 0 Å². The topological polar surface area (TPSA) is 20.3 Å². The summed E-state index contributed by atoms with van der Waals surface area (Å²) in [5, 5.41) is 2.43. The molecule has 0 saturated carbocycles. The maximum Gasteiger partial charge on any atom is 0.265 e. The summed E-state index contributed by atoms with van der Waals surface area (Å²) in [6.07, 6.45) is 0. The van der Waals surface area contributed by atoms with Crippen LogP contribution < -0.4 is 0 Å². The number of halogens is 2. The predicted octanol–water partition coefficient (Wildman–Crippen LogP) is 3.80. The molecule has 2 nitrogen and oxygen atoms in total. The van der Waals surface area contributed by atoms with Crippen molar-refractivity contribution < 1.29 is 4.79 Å². The molecule has 0 bridgehead atoms. The molecule has 0 aliphatic heterocycles. The van der Waals surface area contributed by atoms with Crippen molar-refractivity contribution in [3.63, 3.8) is 0 Å². The van der Waals surface area contributed by atoms with Crippen molar-refractivity contribution in [2.45, 2.75) is 26.3 Å². The van der Waals surface area contributed by atoms with E-state index in [1.807, 2.05) is 26.2 Å². The normalized spacial score (nSPS) is 11.6. The Labute approximate surface area is 110 Å². The zero-order valence-electron chi connectivity index (χ0n) is 9.80. The van der Waals surface area contributed by atoms with E-state index in [1.165, 1.54) is 11.3 Å². The minimum absolute atomic E-state index is 0.0752. The minimum Gasteiger partial charge on any atom is -0.335 e. The Kier molecular flexibility index (Phi) is 4.27. The maximum absolute atomic E-state index is 12.2. The van der Waals surface area contributed by atoms with Gasteiger partial charge in [0.15, 0.2) is 0 Å². The molecule has 1 amide bonds. The number of carbonyl (C=O) groups is 1. The van der Waals surface area contributed by atoms with Crippen LogP contribution in [0.4, 0.5) is 0 Å². The molecule has 0 N–H and O–H groups in total. The van der Waals surface area contributed by atoms with Crippen LogP contribution in [0.3, 0.4) is 0 Å². The molecular weight excluding hydrogens is 265 g/mol. The zero-order valence-corrected chi connectivity index (χ0v) is 12.1. The third-order valence-electron chi connectivity index (χ3n) is 2.63. The quantitative estimate of drug-likeness (QED) is 0.771. The van der Waals surface area contributed by atoms with E-state index >= 15 is 0 Å². The first-order valence-electron chi connectivity index (χ1n) is 4.89. The van der Waals surface area contributed by atoms with Crippen molar-refractivity contribution in [1.82, 2.24) is 4.90 Å². The van der Waals surface area contributed by atoms with E-state index in [2.05, 4.69) is 0 Å². The molecule has 0 atom stereocenters. The Balaban J connectivity index is 2.99. The average Bonchev–Trinajstić information content (AvgIpc) is 2.58. The van der Waals surface area contributed by atoms with Crippen LogP contribution in [0.5, 0.6) is 0 Å². The lowest BCUT2D eigenvalue weighted by Crippen LogP contribution is -2.46. The molecule has 0 aromatic carbocycles. The minimum atomic E-state index is -0.375. The second kappa shape index (κ2) is 4.94. The van der Waals surface area contributed by atoms with Gasteiger partial charge >= 0.3 is 0 Å².